The van der Waals surface area contributed by atoms with Crippen LogP contribution in [-0.4, -0.2) is 12.7 Å². The Morgan fingerprint density at radius 2 is 1.78 bits per heavy atom. The fourth-order valence-corrected chi connectivity index (χ4v) is 2.19. The van der Waals surface area contributed by atoms with E-state index in [1.165, 1.54) is 0 Å². The lowest BCUT2D eigenvalue weighted by molar-refractivity contribution is -0.140. The van der Waals surface area contributed by atoms with Gasteiger partial charge in [0.25, 0.3) is 0 Å². The van der Waals surface area contributed by atoms with Crippen molar-refractivity contribution in [1.29, 1.82) is 0 Å². The van der Waals surface area contributed by atoms with Gasteiger partial charge in [0.15, 0.2) is 0 Å². The highest BCUT2D eigenvalue weighted by Gasteiger charge is 2.33. The van der Waals surface area contributed by atoms with E-state index in [9.17, 15) is 13.2 Å². The first kappa shape index (κ1) is 15.3. The molecule has 0 amide bonds. The first-order chi connectivity index (χ1) is 8.24. The van der Waals surface area contributed by atoms with Crippen molar-refractivity contribution in [3.05, 3.63) is 33.8 Å². The van der Waals surface area contributed by atoms with Gasteiger partial charge in [-0.05, 0) is 43.1 Å². The minimum atomic E-state index is -4.21. The number of alkyl halides is 3. The second-order valence-corrected chi connectivity index (χ2v) is 4.79. The zero-order chi connectivity index (χ0) is 13.9. The van der Waals surface area contributed by atoms with Gasteiger partial charge in [-0.25, -0.2) is 0 Å². The van der Waals surface area contributed by atoms with Crippen LogP contribution >= 0.6 is 11.6 Å². The summed E-state index contributed by atoms with van der Waals surface area (Å²) in [5.41, 5.74) is 2.43. The van der Waals surface area contributed by atoms with Gasteiger partial charge in [-0.1, -0.05) is 24.6 Å². The van der Waals surface area contributed by atoms with E-state index in [4.69, 9.17) is 11.6 Å². The van der Waals surface area contributed by atoms with Crippen LogP contribution in [0.5, 0.6) is 0 Å². The fourth-order valence-electron chi connectivity index (χ4n) is 1.84. The molecule has 0 aliphatic rings. The highest BCUT2D eigenvalue weighted by molar-refractivity contribution is 6.31. The third-order valence-electron chi connectivity index (χ3n) is 2.87. The minimum absolute atomic E-state index is 0.383. The van der Waals surface area contributed by atoms with Crippen LogP contribution in [-0.2, 0) is 0 Å². The van der Waals surface area contributed by atoms with Crippen LogP contribution in [0.3, 0.4) is 0 Å². The van der Waals surface area contributed by atoms with Crippen molar-refractivity contribution in [3.8, 4) is 0 Å². The second kappa shape index (κ2) is 5.93. The normalized spacial score (nSPS) is 13.7. The van der Waals surface area contributed by atoms with Crippen LogP contribution in [0, 0.1) is 13.8 Å². The Balaban J connectivity index is 3.09. The lowest BCUT2D eigenvalue weighted by Crippen LogP contribution is -2.27. The van der Waals surface area contributed by atoms with Gasteiger partial charge in [-0.3, -0.25) is 0 Å². The summed E-state index contributed by atoms with van der Waals surface area (Å²) in [6.07, 6.45) is -5.13. The highest BCUT2D eigenvalue weighted by Crippen LogP contribution is 2.34. The molecule has 1 rings (SSSR count). The second-order valence-electron chi connectivity index (χ2n) is 4.39. The van der Waals surface area contributed by atoms with Gasteiger partial charge in [-0.15, -0.1) is 0 Å². The summed E-state index contributed by atoms with van der Waals surface area (Å²) >= 11 is 6.05. The summed E-state index contributed by atoms with van der Waals surface area (Å²) in [6.45, 7) is 5.99. The van der Waals surface area contributed by atoms with E-state index in [2.05, 4.69) is 5.32 Å². The summed E-state index contributed by atoms with van der Waals surface area (Å²) in [4.78, 5) is 0. The number of benzene rings is 1. The molecule has 0 saturated heterocycles. The van der Waals surface area contributed by atoms with Gasteiger partial charge in [0.1, 0.15) is 0 Å². The summed E-state index contributed by atoms with van der Waals surface area (Å²) < 4.78 is 37.6. The molecule has 5 heteroatoms. The Morgan fingerprint density at radius 1 is 1.22 bits per heavy atom. The van der Waals surface area contributed by atoms with Crippen LogP contribution in [0.2, 0.25) is 5.02 Å². The van der Waals surface area contributed by atoms with Gasteiger partial charge in [0.2, 0.25) is 0 Å². The predicted octanol–water partition coefficient (Wildman–Crippen LogP) is 4.56. The third kappa shape index (κ3) is 4.18. The molecular weight excluding hydrogens is 263 g/mol. The molecule has 102 valence electrons. The average Bonchev–Trinajstić information content (AvgIpc) is 2.21. The van der Waals surface area contributed by atoms with Crippen LogP contribution in [0.1, 0.15) is 36.1 Å². The first-order valence-corrected chi connectivity index (χ1v) is 6.19. The Kier molecular flexibility index (Phi) is 5.05. The maximum atomic E-state index is 12.5. The number of aryl methyl sites for hydroxylation is 2. The molecule has 1 nitrogen and oxygen atoms in total. The molecule has 18 heavy (non-hydrogen) atoms. The van der Waals surface area contributed by atoms with E-state index in [0.29, 0.717) is 17.1 Å². The Morgan fingerprint density at radius 3 is 2.28 bits per heavy atom. The van der Waals surface area contributed by atoms with Gasteiger partial charge in [-0.2, -0.15) is 13.2 Å². The quantitative estimate of drug-likeness (QED) is 0.852. The molecule has 0 saturated carbocycles. The summed E-state index contributed by atoms with van der Waals surface area (Å²) in [5, 5.41) is 3.22. The van der Waals surface area contributed by atoms with Crippen molar-refractivity contribution in [2.45, 2.75) is 39.4 Å². The van der Waals surface area contributed by atoms with Crippen LogP contribution in [0.4, 0.5) is 13.2 Å². The van der Waals surface area contributed by atoms with Gasteiger partial charge < -0.3 is 5.32 Å². The van der Waals surface area contributed by atoms with E-state index < -0.39 is 18.6 Å². The third-order valence-corrected chi connectivity index (χ3v) is 3.20. The molecule has 1 N–H and O–H groups in total. The molecule has 0 aliphatic heterocycles. The van der Waals surface area contributed by atoms with Crippen LogP contribution in [0.15, 0.2) is 12.1 Å². The molecule has 1 atom stereocenters. The largest absolute Gasteiger partial charge is 0.390 e. The molecule has 0 aliphatic carbocycles. The van der Waals surface area contributed by atoms with Crippen molar-refractivity contribution < 1.29 is 13.2 Å². The minimum Gasteiger partial charge on any atom is -0.310 e. The number of halogens is 4. The first-order valence-electron chi connectivity index (χ1n) is 5.81. The van der Waals surface area contributed by atoms with Gasteiger partial charge in [0, 0.05) is 11.1 Å². The standard InChI is InChI=1S/C13H17ClF3N/c1-4-18-12(7-13(15,16)17)10-5-8(2)9(3)6-11(10)14/h5-6,12,18H,4,7H2,1-3H3. The zero-order valence-corrected chi connectivity index (χ0v) is 11.4. The van der Waals surface area contributed by atoms with E-state index in [1.54, 1.807) is 19.1 Å². The van der Waals surface area contributed by atoms with Crippen molar-refractivity contribution in [2.24, 2.45) is 0 Å². The lowest BCUT2D eigenvalue weighted by atomic mass is 9.98. The van der Waals surface area contributed by atoms with E-state index in [-0.39, 0.29) is 0 Å². The summed E-state index contributed by atoms with van der Waals surface area (Å²) in [7, 11) is 0. The van der Waals surface area contributed by atoms with E-state index in [0.717, 1.165) is 11.1 Å². The molecule has 0 heterocycles. The molecule has 0 bridgehead atoms. The average molecular weight is 280 g/mol. The maximum Gasteiger partial charge on any atom is 0.390 e. The summed E-state index contributed by atoms with van der Waals surface area (Å²) in [5.74, 6) is 0. The number of nitrogens with one attached hydrogen (secondary N) is 1. The summed E-state index contributed by atoms with van der Waals surface area (Å²) in [6, 6.07) is 2.66. The SMILES string of the molecule is CCNC(CC(F)(F)F)c1cc(C)c(C)cc1Cl. The molecule has 0 spiro atoms. The highest BCUT2D eigenvalue weighted by atomic mass is 35.5. The van der Waals surface area contributed by atoms with Crippen molar-refractivity contribution in [2.75, 3.05) is 6.54 Å². The molecule has 0 fully saturated rings. The predicted molar refractivity (Wildman–Crippen MR) is 68.0 cm³/mol. The van der Waals surface area contributed by atoms with Crippen molar-refractivity contribution in [1.82, 2.24) is 5.32 Å². The Hall–Kier alpha value is -0.740. The smallest absolute Gasteiger partial charge is 0.310 e. The molecule has 0 radical (unpaired) electrons. The van der Waals surface area contributed by atoms with E-state index in [1.807, 2.05) is 13.8 Å². The van der Waals surface area contributed by atoms with E-state index >= 15 is 0 Å². The molecule has 1 aromatic carbocycles. The number of rotatable bonds is 4. The fraction of sp³-hybridized carbons (Fsp3) is 0.538. The zero-order valence-electron chi connectivity index (χ0n) is 10.7. The van der Waals surface area contributed by atoms with Crippen molar-refractivity contribution in [3.63, 3.8) is 0 Å². The lowest BCUT2D eigenvalue weighted by Gasteiger charge is -2.22. The topological polar surface area (TPSA) is 12.0 Å². The number of hydrogen-bond donors (Lipinski definition) is 1. The molecule has 1 unspecified atom stereocenters. The number of hydrogen-bond acceptors (Lipinski definition) is 1. The van der Waals surface area contributed by atoms with Crippen LogP contribution in [0.25, 0.3) is 0 Å². The monoisotopic (exact) mass is 279 g/mol. The Labute approximate surface area is 110 Å². The Bertz CT molecular complexity index is 415. The molecular formula is C13H17ClF3N. The van der Waals surface area contributed by atoms with Crippen LogP contribution < -0.4 is 5.32 Å². The van der Waals surface area contributed by atoms with Gasteiger partial charge >= 0.3 is 6.18 Å². The maximum absolute atomic E-state index is 12.5. The van der Waals surface area contributed by atoms with Crippen molar-refractivity contribution >= 4 is 11.6 Å². The molecule has 0 aromatic heterocycles. The van der Waals surface area contributed by atoms with Gasteiger partial charge in [0.05, 0.1) is 6.42 Å². The molecule has 1 aromatic rings.